The van der Waals surface area contributed by atoms with E-state index in [0.717, 1.165) is 40.1 Å². The zero-order chi connectivity index (χ0) is 22.3. The summed E-state index contributed by atoms with van der Waals surface area (Å²) in [6.07, 6.45) is 2.76. The van der Waals surface area contributed by atoms with Crippen molar-refractivity contribution in [3.8, 4) is 5.75 Å². The fraction of sp³-hybridized carbons (Fsp3) is 0.148. The lowest BCUT2D eigenvalue weighted by molar-refractivity contribution is -0.102. The van der Waals surface area contributed by atoms with Crippen LogP contribution in [0.5, 0.6) is 5.75 Å². The number of hydrazone groups is 1. The minimum atomic E-state index is 0.340. The highest BCUT2D eigenvalue weighted by atomic mass is 16.5. The molecule has 0 radical (unpaired) electrons. The summed E-state index contributed by atoms with van der Waals surface area (Å²) in [4.78, 5) is 15.8. The Morgan fingerprint density at radius 2 is 1.69 bits per heavy atom. The number of rotatable bonds is 7. The average Bonchev–Trinajstić information content (AvgIpc) is 2.84. The fourth-order valence-corrected chi connectivity index (χ4v) is 3.36. The second-order valence-electron chi connectivity index (χ2n) is 7.64. The minimum absolute atomic E-state index is 0.340. The molecule has 0 spiro atoms. The first-order chi connectivity index (χ1) is 15.6. The van der Waals surface area contributed by atoms with Crippen molar-refractivity contribution in [2.75, 3.05) is 6.67 Å². The molecule has 32 heavy (non-hydrogen) atoms. The number of allylic oxidation sites excluding steroid dienone is 1. The molecular weight excluding hydrogens is 398 g/mol. The van der Waals surface area contributed by atoms with Crippen molar-refractivity contribution < 1.29 is 9.53 Å². The molecule has 5 heteroatoms. The van der Waals surface area contributed by atoms with Crippen LogP contribution in [0.15, 0.2) is 95.0 Å². The van der Waals surface area contributed by atoms with Gasteiger partial charge in [-0.25, -0.2) is 5.01 Å². The maximum absolute atomic E-state index is 11.1. The van der Waals surface area contributed by atoms with Gasteiger partial charge in [0.15, 0.2) is 6.29 Å². The molecule has 160 valence electrons. The predicted molar refractivity (Wildman–Crippen MR) is 129 cm³/mol. The molecule has 0 atom stereocenters. The molecule has 0 aromatic heterocycles. The van der Waals surface area contributed by atoms with Crippen LogP contribution in [-0.4, -0.2) is 29.4 Å². The molecule has 3 aromatic carbocycles. The van der Waals surface area contributed by atoms with Gasteiger partial charge in [0, 0.05) is 5.56 Å². The Bertz CT molecular complexity index is 1160. The van der Waals surface area contributed by atoms with Gasteiger partial charge in [-0.2, -0.15) is 5.10 Å². The summed E-state index contributed by atoms with van der Waals surface area (Å²) in [7, 11) is 0. The molecule has 0 bridgehead atoms. The first-order valence-electron chi connectivity index (χ1n) is 10.5. The van der Waals surface area contributed by atoms with Crippen molar-refractivity contribution in [3.05, 3.63) is 107 Å². The zero-order valence-electron chi connectivity index (χ0n) is 18.2. The number of aryl methyl sites for hydroxylation is 1. The number of ether oxygens (including phenoxy) is 1. The van der Waals surface area contributed by atoms with Crippen LogP contribution in [0.1, 0.15) is 29.2 Å². The molecule has 1 heterocycles. The molecule has 1 aliphatic rings. The standard InChI is InChI=1S/C27H25N3O2/c1-20-8-10-23(11-9-20)26-16-27(30(19-28-26)29-21(2)17-31)24-12-14-25(15-13-24)32-18-22-6-4-3-5-7-22/h3-17H,18-19H2,1-2H3/b29-21+. The van der Waals surface area contributed by atoms with E-state index in [2.05, 4.69) is 41.3 Å². The first-order valence-corrected chi connectivity index (χ1v) is 10.5. The van der Waals surface area contributed by atoms with Crippen LogP contribution in [0.2, 0.25) is 0 Å². The van der Waals surface area contributed by atoms with Gasteiger partial charge in [-0.3, -0.25) is 9.79 Å². The third kappa shape index (κ3) is 5.19. The van der Waals surface area contributed by atoms with Crippen LogP contribution in [0.4, 0.5) is 0 Å². The van der Waals surface area contributed by atoms with Crippen LogP contribution in [0.3, 0.4) is 0 Å². The lowest BCUT2D eigenvalue weighted by atomic mass is 10.0. The van der Waals surface area contributed by atoms with Gasteiger partial charge in [0.1, 0.15) is 19.0 Å². The summed E-state index contributed by atoms with van der Waals surface area (Å²) in [6, 6.07) is 26.3. The van der Waals surface area contributed by atoms with E-state index in [4.69, 9.17) is 4.74 Å². The monoisotopic (exact) mass is 423 g/mol. The van der Waals surface area contributed by atoms with E-state index in [1.165, 1.54) is 5.56 Å². The molecule has 4 rings (SSSR count). The number of carbonyl (C=O) groups excluding carboxylic acids is 1. The zero-order valence-corrected chi connectivity index (χ0v) is 18.2. The van der Waals surface area contributed by atoms with Crippen LogP contribution >= 0.6 is 0 Å². The molecule has 3 aromatic rings. The van der Waals surface area contributed by atoms with E-state index in [0.29, 0.717) is 19.0 Å². The highest BCUT2D eigenvalue weighted by Crippen LogP contribution is 2.26. The molecule has 0 fully saturated rings. The van der Waals surface area contributed by atoms with Gasteiger partial charge in [-0.05, 0) is 55.3 Å². The second-order valence-corrected chi connectivity index (χ2v) is 7.64. The number of hydrogen-bond acceptors (Lipinski definition) is 5. The molecule has 0 unspecified atom stereocenters. The fourth-order valence-electron chi connectivity index (χ4n) is 3.36. The molecule has 1 aliphatic heterocycles. The number of benzene rings is 3. The summed E-state index contributed by atoms with van der Waals surface area (Å²) < 4.78 is 5.91. The summed E-state index contributed by atoms with van der Waals surface area (Å²) in [6.45, 7) is 4.60. The Morgan fingerprint density at radius 1 is 1.00 bits per heavy atom. The van der Waals surface area contributed by atoms with Crippen molar-refractivity contribution in [1.82, 2.24) is 5.01 Å². The summed E-state index contributed by atoms with van der Waals surface area (Å²) >= 11 is 0. The van der Waals surface area contributed by atoms with E-state index in [-0.39, 0.29) is 0 Å². The van der Waals surface area contributed by atoms with Gasteiger partial charge < -0.3 is 4.74 Å². The minimum Gasteiger partial charge on any atom is -0.489 e. The van der Waals surface area contributed by atoms with Crippen LogP contribution < -0.4 is 4.74 Å². The van der Waals surface area contributed by atoms with E-state index < -0.39 is 0 Å². The van der Waals surface area contributed by atoms with E-state index in [1.807, 2.05) is 60.7 Å². The van der Waals surface area contributed by atoms with E-state index >= 15 is 0 Å². The Labute approximate surface area is 188 Å². The summed E-state index contributed by atoms with van der Waals surface area (Å²) in [5, 5.41) is 6.18. The molecule has 0 N–H and O–H groups in total. The second kappa shape index (κ2) is 9.88. The maximum Gasteiger partial charge on any atom is 0.165 e. The average molecular weight is 424 g/mol. The van der Waals surface area contributed by atoms with Crippen molar-refractivity contribution in [3.63, 3.8) is 0 Å². The van der Waals surface area contributed by atoms with Gasteiger partial charge in [-0.15, -0.1) is 0 Å². The van der Waals surface area contributed by atoms with Crippen LogP contribution in [0.25, 0.3) is 5.70 Å². The predicted octanol–water partition coefficient (Wildman–Crippen LogP) is 5.25. The highest BCUT2D eigenvalue weighted by molar-refractivity contribution is 6.27. The van der Waals surface area contributed by atoms with Gasteiger partial charge in [0.05, 0.1) is 17.1 Å². The molecule has 0 saturated heterocycles. The maximum atomic E-state index is 11.1. The third-order valence-corrected chi connectivity index (χ3v) is 5.12. The largest absolute Gasteiger partial charge is 0.489 e. The SMILES string of the molecule is C/C(C=O)=N\N1CN=C(c2ccc(C)cc2)C=C1c1ccc(OCc2ccccc2)cc1. The quantitative estimate of drug-likeness (QED) is 0.385. The van der Waals surface area contributed by atoms with E-state index in [9.17, 15) is 4.79 Å². The Balaban J connectivity index is 1.59. The molecule has 0 saturated carbocycles. The Hall–Kier alpha value is -3.99. The van der Waals surface area contributed by atoms with Crippen molar-refractivity contribution >= 4 is 23.4 Å². The number of hydrogen-bond donors (Lipinski definition) is 0. The van der Waals surface area contributed by atoms with Gasteiger partial charge in [0.25, 0.3) is 0 Å². The van der Waals surface area contributed by atoms with Crippen molar-refractivity contribution in [2.45, 2.75) is 20.5 Å². The molecule has 0 amide bonds. The normalized spacial score (nSPS) is 13.9. The Morgan fingerprint density at radius 3 is 2.38 bits per heavy atom. The van der Waals surface area contributed by atoms with Crippen LogP contribution in [-0.2, 0) is 11.4 Å². The molecule has 5 nitrogen and oxygen atoms in total. The first kappa shape index (κ1) is 21.2. The summed E-state index contributed by atoms with van der Waals surface area (Å²) in [5.41, 5.74) is 6.51. The molecular formula is C27H25N3O2. The smallest absolute Gasteiger partial charge is 0.165 e. The van der Waals surface area contributed by atoms with Gasteiger partial charge in [0.2, 0.25) is 0 Å². The Kier molecular flexibility index (Phi) is 6.56. The van der Waals surface area contributed by atoms with Crippen molar-refractivity contribution in [1.29, 1.82) is 0 Å². The topological polar surface area (TPSA) is 54.3 Å². The summed E-state index contributed by atoms with van der Waals surface area (Å²) in [5.74, 6) is 0.792. The highest BCUT2D eigenvalue weighted by Gasteiger charge is 2.18. The number of nitrogens with zero attached hydrogens (tertiary/aromatic N) is 3. The number of aliphatic imine (C=N–C) groups is 1. The number of aldehydes is 1. The lowest BCUT2D eigenvalue weighted by Gasteiger charge is -2.25. The van der Waals surface area contributed by atoms with Gasteiger partial charge in [-0.1, -0.05) is 60.2 Å². The third-order valence-electron chi connectivity index (χ3n) is 5.12. The van der Waals surface area contributed by atoms with Crippen LogP contribution in [0, 0.1) is 6.92 Å². The van der Waals surface area contributed by atoms with Gasteiger partial charge >= 0.3 is 0 Å². The van der Waals surface area contributed by atoms with Crippen molar-refractivity contribution in [2.24, 2.45) is 10.1 Å². The lowest BCUT2D eigenvalue weighted by Crippen LogP contribution is -2.24. The van der Waals surface area contributed by atoms with E-state index in [1.54, 1.807) is 11.9 Å². The molecule has 0 aliphatic carbocycles. The number of carbonyl (C=O) groups is 1.